The van der Waals surface area contributed by atoms with Gasteiger partial charge in [-0.3, -0.25) is 0 Å². The lowest BCUT2D eigenvalue weighted by molar-refractivity contribution is -0.136. The second kappa shape index (κ2) is 8.26. The van der Waals surface area contributed by atoms with E-state index in [0.717, 1.165) is 5.56 Å². The maximum Gasteiger partial charge on any atom is 0.334 e. The quantitative estimate of drug-likeness (QED) is 0.459. The fourth-order valence-electron chi connectivity index (χ4n) is 2.06. The summed E-state index contributed by atoms with van der Waals surface area (Å²) in [6, 6.07) is 17.5. The van der Waals surface area contributed by atoms with E-state index in [4.69, 9.17) is 4.74 Å². The molecule has 0 fully saturated rings. The maximum atomic E-state index is 12.4. The molecule has 0 aliphatic carbocycles. The Bertz CT molecular complexity index is 835. The van der Waals surface area contributed by atoms with Crippen molar-refractivity contribution in [1.82, 2.24) is 0 Å². The van der Waals surface area contributed by atoms with Gasteiger partial charge in [0.1, 0.15) is 0 Å². The van der Waals surface area contributed by atoms with Crippen LogP contribution in [0.1, 0.15) is 5.56 Å². The summed E-state index contributed by atoms with van der Waals surface area (Å²) in [6.07, 6.45) is 4.90. The number of benzene rings is 2. The number of carbonyl (C=O) groups excluding carboxylic acids is 1. The Morgan fingerprint density at radius 2 is 1.58 bits per heavy atom. The van der Waals surface area contributed by atoms with Crippen LogP contribution in [0, 0.1) is 0 Å². The van der Waals surface area contributed by atoms with Crippen LogP contribution in [-0.2, 0) is 19.4 Å². The predicted molar refractivity (Wildman–Crippen MR) is 94.1 cm³/mol. The molecule has 0 N–H and O–H groups in total. The molecule has 124 valence electrons. The van der Waals surface area contributed by atoms with E-state index < -0.39 is 21.6 Å². The van der Waals surface area contributed by atoms with Crippen LogP contribution in [0.3, 0.4) is 0 Å². The Morgan fingerprint density at radius 3 is 2.17 bits per heavy atom. The highest BCUT2D eigenvalue weighted by molar-refractivity contribution is 7.91. The second-order valence-electron chi connectivity index (χ2n) is 5.03. The van der Waals surface area contributed by atoms with Crippen LogP contribution in [0.5, 0.6) is 0 Å². The van der Waals surface area contributed by atoms with Crippen LogP contribution in [0.2, 0.25) is 0 Å². The average molecular weight is 342 g/mol. The summed E-state index contributed by atoms with van der Waals surface area (Å²) in [7, 11) is -2.38. The number of sulfone groups is 1. The average Bonchev–Trinajstić information content (AvgIpc) is 2.62. The first-order valence-electron chi connectivity index (χ1n) is 7.31. The van der Waals surface area contributed by atoms with Gasteiger partial charge in [-0.25, -0.2) is 13.2 Å². The molecule has 0 unspecified atom stereocenters. The Kier molecular flexibility index (Phi) is 6.09. The number of allylic oxidation sites excluding steroid dienone is 2. The number of carbonyl (C=O) groups is 1. The van der Waals surface area contributed by atoms with Crippen molar-refractivity contribution < 1.29 is 17.9 Å². The minimum Gasteiger partial charge on any atom is -0.466 e. The van der Waals surface area contributed by atoms with Crippen molar-refractivity contribution in [3.63, 3.8) is 0 Å². The van der Waals surface area contributed by atoms with Gasteiger partial charge in [0, 0.05) is 0 Å². The Labute approximate surface area is 142 Å². The van der Waals surface area contributed by atoms with Crippen LogP contribution in [0.15, 0.2) is 83.3 Å². The lowest BCUT2D eigenvalue weighted by Gasteiger charge is -2.06. The van der Waals surface area contributed by atoms with Crippen molar-refractivity contribution in [2.75, 3.05) is 12.9 Å². The molecule has 0 saturated heterocycles. The number of hydrogen-bond acceptors (Lipinski definition) is 4. The molecule has 0 amide bonds. The van der Waals surface area contributed by atoms with Crippen molar-refractivity contribution >= 4 is 21.9 Å². The molecule has 2 rings (SSSR count). The molecule has 0 spiro atoms. The first kappa shape index (κ1) is 17.7. The fourth-order valence-corrected chi connectivity index (χ4v) is 3.42. The number of hydrogen-bond donors (Lipinski definition) is 0. The largest absolute Gasteiger partial charge is 0.466 e. The Hall–Kier alpha value is -2.66. The summed E-state index contributed by atoms with van der Waals surface area (Å²) >= 11 is 0. The molecule has 0 bridgehead atoms. The van der Waals surface area contributed by atoms with Crippen LogP contribution in [0.25, 0.3) is 6.08 Å². The van der Waals surface area contributed by atoms with Crippen molar-refractivity contribution in [2.24, 2.45) is 0 Å². The molecular weight excluding hydrogens is 324 g/mol. The molecule has 5 heteroatoms. The zero-order valence-corrected chi connectivity index (χ0v) is 14.1. The molecule has 0 aromatic heterocycles. The Morgan fingerprint density at radius 1 is 1.00 bits per heavy atom. The number of esters is 1. The highest BCUT2D eigenvalue weighted by Gasteiger charge is 2.20. The fraction of sp³-hybridized carbons (Fsp3) is 0.105. The van der Waals surface area contributed by atoms with E-state index in [1.165, 1.54) is 25.3 Å². The minimum absolute atomic E-state index is 0.0773. The zero-order chi connectivity index (χ0) is 17.4. The van der Waals surface area contributed by atoms with Gasteiger partial charge in [0.05, 0.1) is 23.3 Å². The van der Waals surface area contributed by atoms with Crippen molar-refractivity contribution in [3.05, 3.63) is 84.0 Å². The molecule has 0 aliphatic rings. The van der Waals surface area contributed by atoms with Gasteiger partial charge < -0.3 is 4.74 Å². The molecule has 24 heavy (non-hydrogen) atoms. The predicted octanol–water partition coefficient (Wildman–Crippen LogP) is 3.27. The molecule has 0 radical (unpaired) electrons. The van der Waals surface area contributed by atoms with Gasteiger partial charge in [-0.05, 0) is 17.7 Å². The van der Waals surface area contributed by atoms with Crippen molar-refractivity contribution in [2.45, 2.75) is 4.90 Å². The Balaban J connectivity index is 2.24. The van der Waals surface area contributed by atoms with Gasteiger partial charge in [-0.15, -0.1) is 0 Å². The highest BCUT2D eigenvalue weighted by atomic mass is 32.2. The van der Waals surface area contributed by atoms with Gasteiger partial charge in [-0.1, -0.05) is 66.8 Å². The third-order valence-corrected chi connectivity index (χ3v) is 4.96. The summed E-state index contributed by atoms with van der Waals surface area (Å²) in [5.41, 5.74) is 1.03. The summed E-state index contributed by atoms with van der Waals surface area (Å²) in [5, 5.41) is 0. The van der Waals surface area contributed by atoms with Gasteiger partial charge in [0.15, 0.2) is 9.84 Å². The van der Waals surface area contributed by atoms with E-state index >= 15 is 0 Å². The van der Waals surface area contributed by atoms with E-state index in [2.05, 4.69) is 0 Å². The zero-order valence-electron chi connectivity index (χ0n) is 13.3. The highest BCUT2D eigenvalue weighted by Crippen LogP contribution is 2.15. The molecule has 2 aromatic carbocycles. The molecule has 2 aromatic rings. The van der Waals surface area contributed by atoms with E-state index in [1.807, 2.05) is 30.3 Å². The van der Waals surface area contributed by atoms with Gasteiger partial charge in [0.25, 0.3) is 0 Å². The smallest absolute Gasteiger partial charge is 0.334 e. The standard InChI is InChI=1S/C19H18O4S/c1-23-19(20)17(12-8-11-16-9-4-2-5-10-16)15-24(21,22)18-13-6-3-7-14-18/h2-14H,15H2,1H3/b11-8+,17-12+. The molecule has 0 saturated carbocycles. The lowest BCUT2D eigenvalue weighted by atomic mass is 10.2. The second-order valence-corrected chi connectivity index (χ2v) is 7.02. The summed E-state index contributed by atoms with van der Waals surface area (Å²) in [4.78, 5) is 12.0. The molecular formula is C19H18O4S. The summed E-state index contributed by atoms with van der Waals surface area (Å²) in [5.74, 6) is -1.07. The van der Waals surface area contributed by atoms with Crippen molar-refractivity contribution in [1.29, 1.82) is 0 Å². The van der Waals surface area contributed by atoms with E-state index in [9.17, 15) is 13.2 Å². The van der Waals surface area contributed by atoms with Gasteiger partial charge in [0.2, 0.25) is 0 Å². The van der Waals surface area contributed by atoms with E-state index in [1.54, 1.807) is 30.4 Å². The maximum absolute atomic E-state index is 12.4. The van der Waals surface area contributed by atoms with Crippen LogP contribution in [-0.4, -0.2) is 27.2 Å². The monoisotopic (exact) mass is 342 g/mol. The molecule has 0 atom stereocenters. The minimum atomic E-state index is -3.61. The van der Waals surface area contributed by atoms with Gasteiger partial charge in [-0.2, -0.15) is 0 Å². The van der Waals surface area contributed by atoms with E-state index in [-0.39, 0.29) is 10.5 Å². The van der Waals surface area contributed by atoms with Crippen LogP contribution in [0.4, 0.5) is 0 Å². The third kappa shape index (κ3) is 4.93. The normalized spacial score (nSPS) is 12.3. The lowest BCUT2D eigenvalue weighted by Crippen LogP contribution is -2.16. The van der Waals surface area contributed by atoms with Crippen LogP contribution >= 0.6 is 0 Å². The molecule has 0 aliphatic heterocycles. The summed E-state index contributed by atoms with van der Waals surface area (Å²) in [6.45, 7) is 0. The number of rotatable bonds is 6. The van der Waals surface area contributed by atoms with Crippen LogP contribution < -0.4 is 0 Å². The molecule has 0 heterocycles. The van der Waals surface area contributed by atoms with Crippen molar-refractivity contribution in [3.8, 4) is 0 Å². The van der Waals surface area contributed by atoms with E-state index in [0.29, 0.717) is 0 Å². The van der Waals surface area contributed by atoms with Gasteiger partial charge >= 0.3 is 5.97 Å². The SMILES string of the molecule is COC(=O)/C(=C/C=C/c1ccccc1)CS(=O)(=O)c1ccccc1. The number of methoxy groups -OCH3 is 1. The molecule has 4 nitrogen and oxygen atoms in total. The summed E-state index contributed by atoms with van der Waals surface area (Å²) < 4.78 is 29.5. The topological polar surface area (TPSA) is 60.4 Å². The first-order chi connectivity index (χ1) is 11.5. The third-order valence-electron chi connectivity index (χ3n) is 3.28. The first-order valence-corrected chi connectivity index (χ1v) is 8.96. The number of ether oxygens (including phenoxy) is 1.